The van der Waals surface area contributed by atoms with Crippen molar-refractivity contribution in [2.75, 3.05) is 24.5 Å². The fraction of sp³-hybridized carbons (Fsp3) is 0.647. The zero-order valence-corrected chi connectivity index (χ0v) is 12.9. The van der Waals surface area contributed by atoms with Crippen LogP contribution in [0.15, 0.2) is 18.2 Å². The molecule has 0 aliphatic carbocycles. The number of benzene rings is 1. The van der Waals surface area contributed by atoms with E-state index in [-0.39, 0.29) is 18.0 Å². The molecule has 0 amide bonds. The molecule has 0 radical (unpaired) electrons. The first-order valence-electron chi connectivity index (χ1n) is 8.02. The minimum atomic E-state index is -0.111. The van der Waals surface area contributed by atoms with Crippen LogP contribution in [0.1, 0.15) is 32.3 Å². The highest BCUT2D eigenvalue weighted by molar-refractivity contribution is 5.55. The van der Waals surface area contributed by atoms with Gasteiger partial charge in [-0.15, -0.1) is 0 Å². The number of rotatable bonds is 5. The molecule has 1 N–H and O–H groups in total. The fourth-order valence-electron chi connectivity index (χ4n) is 3.35. The molecule has 1 aromatic carbocycles. The normalized spacial score (nSPS) is 24.9. The number of fused-ring (bicyclic) bond motifs is 2. The molecule has 2 bridgehead atoms. The number of hydrogen-bond acceptors (Lipinski definition) is 3. The SMILES string of the molecule is CC(C)CNCc1cccc(F)c1N1CC2CCC(C1)O2. The van der Waals surface area contributed by atoms with E-state index in [9.17, 15) is 4.39 Å². The van der Waals surface area contributed by atoms with Gasteiger partial charge in [-0.3, -0.25) is 0 Å². The van der Waals surface area contributed by atoms with Crippen molar-refractivity contribution in [1.29, 1.82) is 0 Å². The van der Waals surface area contributed by atoms with Gasteiger partial charge in [0.05, 0.1) is 17.9 Å². The number of morpholine rings is 1. The molecule has 2 unspecified atom stereocenters. The Morgan fingerprint density at radius 3 is 2.67 bits per heavy atom. The second kappa shape index (κ2) is 6.32. The van der Waals surface area contributed by atoms with Gasteiger partial charge >= 0.3 is 0 Å². The molecular formula is C17H25FN2O. The summed E-state index contributed by atoms with van der Waals surface area (Å²) in [5.41, 5.74) is 1.82. The molecule has 2 atom stereocenters. The summed E-state index contributed by atoms with van der Waals surface area (Å²) in [7, 11) is 0. The quantitative estimate of drug-likeness (QED) is 0.903. The lowest BCUT2D eigenvalue weighted by atomic mass is 10.1. The summed E-state index contributed by atoms with van der Waals surface area (Å²) in [6.07, 6.45) is 2.77. The maximum Gasteiger partial charge on any atom is 0.146 e. The molecule has 0 aromatic heterocycles. The Kier molecular flexibility index (Phi) is 4.45. The van der Waals surface area contributed by atoms with Crippen LogP contribution in [0.2, 0.25) is 0 Å². The number of nitrogens with one attached hydrogen (secondary N) is 1. The van der Waals surface area contributed by atoms with E-state index in [0.717, 1.165) is 50.3 Å². The van der Waals surface area contributed by atoms with Crippen LogP contribution in [-0.4, -0.2) is 31.8 Å². The van der Waals surface area contributed by atoms with Crippen LogP contribution < -0.4 is 10.2 Å². The third-order valence-corrected chi connectivity index (χ3v) is 4.30. The van der Waals surface area contributed by atoms with Crippen molar-refractivity contribution in [2.24, 2.45) is 5.92 Å². The second-order valence-corrected chi connectivity index (χ2v) is 6.63. The Labute approximate surface area is 126 Å². The maximum atomic E-state index is 14.4. The summed E-state index contributed by atoms with van der Waals surface area (Å²) in [4.78, 5) is 2.19. The van der Waals surface area contributed by atoms with Crippen molar-refractivity contribution in [3.63, 3.8) is 0 Å². The summed E-state index contributed by atoms with van der Waals surface area (Å²) in [5.74, 6) is 0.487. The standard InChI is InChI=1S/C17H25FN2O/c1-12(2)8-19-9-13-4-3-5-16(18)17(13)20-10-14-6-7-15(11-20)21-14/h3-5,12,14-15,19H,6-11H2,1-2H3. The minimum Gasteiger partial charge on any atom is -0.371 e. The molecule has 0 spiro atoms. The average Bonchev–Trinajstić information content (AvgIpc) is 2.77. The molecule has 2 saturated heterocycles. The lowest BCUT2D eigenvalue weighted by Crippen LogP contribution is -2.43. The number of anilines is 1. The van der Waals surface area contributed by atoms with Crippen LogP contribution in [0, 0.1) is 11.7 Å². The van der Waals surface area contributed by atoms with E-state index in [1.807, 2.05) is 6.07 Å². The third-order valence-electron chi connectivity index (χ3n) is 4.30. The number of para-hydroxylation sites is 1. The number of halogens is 1. The molecule has 3 rings (SSSR count). The highest BCUT2D eigenvalue weighted by atomic mass is 19.1. The zero-order valence-electron chi connectivity index (χ0n) is 12.9. The lowest BCUT2D eigenvalue weighted by molar-refractivity contribution is 0.0302. The Balaban J connectivity index is 1.76. The number of hydrogen-bond donors (Lipinski definition) is 1. The van der Waals surface area contributed by atoms with Crippen molar-refractivity contribution >= 4 is 5.69 Å². The Hall–Kier alpha value is -1.13. The topological polar surface area (TPSA) is 24.5 Å². The smallest absolute Gasteiger partial charge is 0.146 e. The Morgan fingerprint density at radius 2 is 2.00 bits per heavy atom. The first kappa shape index (κ1) is 14.8. The summed E-state index contributed by atoms with van der Waals surface area (Å²) in [5, 5.41) is 3.42. The van der Waals surface area contributed by atoms with Crippen molar-refractivity contribution in [3.05, 3.63) is 29.6 Å². The van der Waals surface area contributed by atoms with Gasteiger partial charge < -0.3 is 15.0 Å². The van der Waals surface area contributed by atoms with Gasteiger partial charge in [-0.25, -0.2) is 4.39 Å². The zero-order chi connectivity index (χ0) is 14.8. The number of nitrogens with zero attached hydrogens (tertiary/aromatic N) is 1. The molecule has 3 nitrogen and oxygen atoms in total. The van der Waals surface area contributed by atoms with Crippen molar-refractivity contribution in [1.82, 2.24) is 5.32 Å². The highest BCUT2D eigenvalue weighted by Gasteiger charge is 2.35. The molecule has 0 saturated carbocycles. The second-order valence-electron chi connectivity index (χ2n) is 6.63. The minimum absolute atomic E-state index is 0.111. The molecule has 1 aromatic rings. The van der Waals surface area contributed by atoms with Crippen LogP contribution in [0.3, 0.4) is 0 Å². The van der Waals surface area contributed by atoms with E-state index >= 15 is 0 Å². The lowest BCUT2D eigenvalue weighted by Gasteiger charge is -2.35. The predicted octanol–water partition coefficient (Wildman–Crippen LogP) is 2.94. The molecule has 2 fully saturated rings. The first-order valence-corrected chi connectivity index (χ1v) is 8.02. The predicted molar refractivity (Wildman–Crippen MR) is 83.1 cm³/mol. The van der Waals surface area contributed by atoms with E-state index in [1.165, 1.54) is 0 Å². The Morgan fingerprint density at radius 1 is 1.29 bits per heavy atom. The van der Waals surface area contributed by atoms with Gasteiger partial charge in [0.2, 0.25) is 0 Å². The van der Waals surface area contributed by atoms with Gasteiger partial charge in [-0.2, -0.15) is 0 Å². The van der Waals surface area contributed by atoms with E-state index in [2.05, 4.69) is 24.1 Å². The Bertz CT molecular complexity index is 480. The maximum absolute atomic E-state index is 14.4. The molecule has 2 aliphatic heterocycles. The van der Waals surface area contributed by atoms with E-state index < -0.39 is 0 Å². The largest absolute Gasteiger partial charge is 0.371 e. The van der Waals surface area contributed by atoms with Crippen molar-refractivity contribution < 1.29 is 9.13 Å². The molecule has 4 heteroatoms. The molecule has 21 heavy (non-hydrogen) atoms. The van der Waals surface area contributed by atoms with E-state index in [4.69, 9.17) is 4.74 Å². The summed E-state index contributed by atoms with van der Waals surface area (Å²) < 4.78 is 20.2. The highest BCUT2D eigenvalue weighted by Crippen LogP contribution is 2.33. The van der Waals surface area contributed by atoms with Gasteiger partial charge in [-0.1, -0.05) is 26.0 Å². The molecule has 116 valence electrons. The van der Waals surface area contributed by atoms with Crippen LogP contribution in [-0.2, 0) is 11.3 Å². The number of ether oxygens (including phenoxy) is 1. The van der Waals surface area contributed by atoms with Gasteiger partial charge in [-0.05, 0) is 36.9 Å². The molecular weight excluding hydrogens is 267 g/mol. The van der Waals surface area contributed by atoms with Crippen LogP contribution in [0.25, 0.3) is 0 Å². The molecule has 2 aliphatic rings. The van der Waals surface area contributed by atoms with E-state index in [0.29, 0.717) is 5.92 Å². The molecule has 2 heterocycles. The van der Waals surface area contributed by atoms with Crippen molar-refractivity contribution in [2.45, 2.75) is 45.4 Å². The summed E-state index contributed by atoms with van der Waals surface area (Å²) >= 11 is 0. The average molecular weight is 292 g/mol. The van der Waals surface area contributed by atoms with Crippen molar-refractivity contribution in [3.8, 4) is 0 Å². The van der Waals surface area contributed by atoms with Gasteiger partial charge in [0.15, 0.2) is 0 Å². The van der Waals surface area contributed by atoms with Gasteiger partial charge in [0, 0.05) is 19.6 Å². The fourth-order valence-corrected chi connectivity index (χ4v) is 3.35. The van der Waals surface area contributed by atoms with E-state index in [1.54, 1.807) is 12.1 Å². The van der Waals surface area contributed by atoms with Gasteiger partial charge in [0.1, 0.15) is 5.82 Å². The first-order chi connectivity index (χ1) is 10.1. The summed E-state index contributed by atoms with van der Waals surface area (Å²) in [6.45, 7) is 7.66. The third kappa shape index (κ3) is 3.38. The van der Waals surface area contributed by atoms with Crippen LogP contribution in [0.4, 0.5) is 10.1 Å². The summed E-state index contributed by atoms with van der Waals surface area (Å²) in [6, 6.07) is 5.40. The van der Waals surface area contributed by atoms with Crippen LogP contribution in [0.5, 0.6) is 0 Å². The van der Waals surface area contributed by atoms with Crippen LogP contribution >= 0.6 is 0 Å². The monoisotopic (exact) mass is 292 g/mol. The van der Waals surface area contributed by atoms with Gasteiger partial charge in [0.25, 0.3) is 0 Å².